The monoisotopic (exact) mass is 294 g/mol. The Morgan fingerprint density at radius 1 is 1.29 bits per heavy atom. The van der Waals surface area contributed by atoms with Crippen LogP contribution in [0.15, 0.2) is 18.2 Å². The average Bonchev–Trinajstić information content (AvgIpc) is 2.44. The Kier molecular flexibility index (Phi) is 7.61. The molecule has 0 aromatic heterocycles. The standard InChI is InChI=1S/C16H26N2O3/c1-5-18-16(19)8-9-17-11-13-6-7-14(21-12(2)3)15(10-13)20-4/h6-7,10,12,17H,5,8-9,11H2,1-4H3,(H,18,19). The predicted octanol–water partition coefficient (Wildman–Crippen LogP) is 2.10. The van der Waals surface area contributed by atoms with Crippen LogP contribution in [0.5, 0.6) is 11.5 Å². The number of amides is 1. The lowest BCUT2D eigenvalue weighted by molar-refractivity contribution is -0.120. The van der Waals surface area contributed by atoms with Crippen LogP contribution in [0.4, 0.5) is 0 Å². The van der Waals surface area contributed by atoms with E-state index in [4.69, 9.17) is 9.47 Å². The number of nitrogens with one attached hydrogen (secondary N) is 2. The molecule has 0 radical (unpaired) electrons. The molecule has 0 aliphatic carbocycles. The van der Waals surface area contributed by atoms with Crippen molar-refractivity contribution in [2.45, 2.75) is 39.8 Å². The summed E-state index contributed by atoms with van der Waals surface area (Å²) in [7, 11) is 1.63. The Morgan fingerprint density at radius 2 is 2.05 bits per heavy atom. The highest BCUT2D eigenvalue weighted by Crippen LogP contribution is 2.28. The van der Waals surface area contributed by atoms with Gasteiger partial charge in [-0.2, -0.15) is 0 Å². The number of carbonyl (C=O) groups excluding carboxylic acids is 1. The molecule has 5 heteroatoms. The fourth-order valence-electron chi connectivity index (χ4n) is 1.89. The summed E-state index contributed by atoms with van der Waals surface area (Å²) in [6.45, 7) is 7.90. The summed E-state index contributed by atoms with van der Waals surface area (Å²) in [5.74, 6) is 1.55. The maximum Gasteiger partial charge on any atom is 0.221 e. The zero-order valence-electron chi connectivity index (χ0n) is 13.4. The molecule has 5 nitrogen and oxygen atoms in total. The van der Waals surface area contributed by atoms with E-state index in [9.17, 15) is 4.79 Å². The lowest BCUT2D eigenvalue weighted by Crippen LogP contribution is -2.27. The second kappa shape index (κ2) is 9.23. The smallest absolute Gasteiger partial charge is 0.221 e. The third-order valence-electron chi connectivity index (χ3n) is 2.82. The Hall–Kier alpha value is -1.75. The van der Waals surface area contributed by atoms with Gasteiger partial charge in [0.15, 0.2) is 11.5 Å². The average molecular weight is 294 g/mol. The van der Waals surface area contributed by atoms with Crippen molar-refractivity contribution in [2.24, 2.45) is 0 Å². The zero-order valence-corrected chi connectivity index (χ0v) is 13.4. The molecule has 118 valence electrons. The molecular formula is C16H26N2O3. The normalized spacial score (nSPS) is 10.5. The summed E-state index contributed by atoms with van der Waals surface area (Å²) in [4.78, 5) is 11.3. The second-order valence-electron chi connectivity index (χ2n) is 5.03. The van der Waals surface area contributed by atoms with Crippen molar-refractivity contribution >= 4 is 5.91 Å². The fourth-order valence-corrected chi connectivity index (χ4v) is 1.89. The minimum Gasteiger partial charge on any atom is -0.493 e. The lowest BCUT2D eigenvalue weighted by Gasteiger charge is -2.14. The Balaban J connectivity index is 2.47. The molecule has 0 aliphatic rings. The van der Waals surface area contributed by atoms with Gasteiger partial charge in [-0.15, -0.1) is 0 Å². The molecule has 0 spiro atoms. The molecule has 0 saturated heterocycles. The Bertz CT molecular complexity index is 447. The van der Waals surface area contributed by atoms with Crippen LogP contribution in [0.1, 0.15) is 32.8 Å². The Labute approximate surface area is 127 Å². The van der Waals surface area contributed by atoms with E-state index in [0.29, 0.717) is 26.1 Å². The van der Waals surface area contributed by atoms with Gasteiger partial charge in [-0.25, -0.2) is 0 Å². The molecule has 1 aromatic rings. The number of hydrogen-bond acceptors (Lipinski definition) is 4. The third kappa shape index (κ3) is 6.49. The van der Waals surface area contributed by atoms with Gasteiger partial charge in [0.1, 0.15) is 0 Å². The number of rotatable bonds is 9. The quantitative estimate of drug-likeness (QED) is 0.685. The third-order valence-corrected chi connectivity index (χ3v) is 2.82. The van der Waals surface area contributed by atoms with Gasteiger partial charge in [0.25, 0.3) is 0 Å². The summed E-state index contributed by atoms with van der Waals surface area (Å²) >= 11 is 0. The van der Waals surface area contributed by atoms with Crippen LogP contribution < -0.4 is 20.1 Å². The molecule has 0 bridgehead atoms. The minimum absolute atomic E-state index is 0.0725. The van der Waals surface area contributed by atoms with Crippen LogP contribution in [-0.2, 0) is 11.3 Å². The van der Waals surface area contributed by atoms with Gasteiger partial charge >= 0.3 is 0 Å². The van der Waals surface area contributed by atoms with Crippen molar-refractivity contribution in [3.05, 3.63) is 23.8 Å². The first kappa shape index (κ1) is 17.3. The molecule has 0 aliphatic heterocycles. The van der Waals surface area contributed by atoms with Gasteiger partial charge in [-0.05, 0) is 38.5 Å². The molecule has 1 amide bonds. The lowest BCUT2D eigenvalue weighted by atomic mass is 10.2. The second-order valence-corrected chi connectivity index (χ2v) is 5.03. The van der Waals surface area contributed by atoms with E-state index in [1.165, 1.54) is 0 Å². The highest BCUT2D eigenvalue weighted by molar-refractivity contribution is 5.75. The van der Waals surface area contributed by atoms with E-state index in [2.05, 4.69) is 10.6 Å². The van der Waals surface area contributed by atoms with E-state index >= 15 is 0 Å². The molecule has 21 heavy (non-hydrogen) atoms. The predicted molar refractivity (Wildman–Crippen MR) is 83.8 cm³/mol. The largest absolute Gasteiger partial charge is 0.493 e. The van der Waals surface area contributed by atoms with E-state index in [0.717, 1.165) is 17.1 Å². The van der Waals surface area contributed by atoms with Gasteiger partial charge in [0, 0.05) is 26.1 Å². The van der Waals surface area contributed by atoms with E-state index < -0.39 is 0 Å². The van der Waals surface area contributed by atoms with E-state index in [1.807, 2.05) is 39.0 Å². The van der Waals surface area contributed by atoms with Crippen LogP contribution in [0.3, 0.4) is 0 Å². The number of benzene rings is 1. The topological polar surface area (TPSA) is 59.6 Å². The van der Waals surface area contributed by atoms with E-state index in [-0.39, 0.29) is 12.0 Å². The van der Waals surface area contributed by atoms with Crippen molar-refractivity contribution in [1.29, 1.82) is 0 Å². The van der Waals surface area contributed by atoms with Crippen molar-refractivity contribution in [2.75, 3.05) is 20.2 Å². The molecule has 0 saturated carbocycles. The van der Waals surface area contributed by atoms with Crippen LogP contribution in [0.2, 0.25) is 0 Å². The molecule has 0 unspecified atom stereocenters. The number of hydrogen-bond donors (Lipinski definition) is 2. The molecule has 1 aromatic carbocycles. The van der Waals surface area contributed by atoms with Crippen molar-refractivity contribution in [3.8, 4) is 11.5 Å². The van der Waals surface area contributed by atoms with Gasteiger partial charge < -0.3 is 20.1 Å². The fraction of sp³-hybridized carbons (Fsp3) is 0.562. The summed E-state index contributed by atoms with van der Waals surface area (Å²) < 4.78 is 11.0. The maximum absolute atomic E-state index is 11.3. The Morgan fingerprint density at radius 3 is 2.67 bits per heavy atom. The van der Waals surface area contributed by atoms with Crippen LogP contribution in [0.25, 0.3) is 0 Å². The van der Waals surface area contributed by atoms with Gasteiger partial charge in [0.2, 0.25) is 5.91 Å². The molecule has 0 atom stereocenters. The van der Waals surface area contributed by atoms with Gasteiger partial charge in [-0.1, -0.05) is 6.07 Å². The maximum atomic E-state index is 11.3. The van der Waals surface area contributed by atoms with Crippen LogP contribution in [-0.4, -0.2) is 32.2 Å². The first-order chi connectivity index (χ1) is 10.1. The SMILES string of the molecule is CCNC(=O)CCNCc1ccc(OC(C)C)c(OC)c1. The number of methoxy groups -OCH3 is 1. The summed E-state index contributed by atoms with van der Waals surface area (Å²) in [5.41, 5.74) is 1.10. The van der Waals surface area contributed by atoms with Crippen molar-refractivity contribution in [1.82, 2.24) is 10.6 Å². The minimum atomic E-state index is 0.0725. The van der Waals surface area contributed by atoms with E-state index in [1.54, 1.807) is 7.11 Å². The summed E-state index contributed by atoms with van der Waals surface area (Å²) in [6.07, 6.45) is 0.597. The van der Waals surface area contributed by atoms with Crippen LogP contribution >= 0.6 is 0 Å². The molecule has 0 heterocycles. The number of ether oxygens (including phenoxy) is 2. The van der Waals surface area contributed by atoms with Gasteiger partial charge in [0.05, 0.1) is 13.2 Å². The molecule has 0 fully saturated rings. The summed E-state index contributed by atoms with van der Waals surface area (Å²) in [6, 6.07) is 5.87. The molecule has 2 N–H and O–H groups in total. The molecule has 1 rings (SSSR count). The summed E-state index contributed by atoms with van der Waals surface area (Å²) in [5, 5.41) is 6.02. The van der Waals surface area contributed by atoms with Crippen molar-refractivity contribution < 1.29 is 14.3 Å². The van der Waals surface area contributed by atoms with Crippen molar-refractivity contribution in [3.63, 3.8) is 0 Å². The zero-order chi connectivity index (χ0) is 15.7. The highest BCUT2D eigenvalue weighted by Gasteiger charge is 2.07. The first-order valence-corrected chi connectivity index (χ1v) is 7.37. The number of carbonyl (C=O) groups is 1. The first-order valence-electron chi connectivity index (χ1n) is 7.37. The van der Waals surface area contributed by atoms with Crippen LogP contribution in [0, 0.1) is 0 Å². The van der Waals surface area contributed by atoms with Gasteiger partial charge in [-0.3, -0.25) is 4.79 Å². The highest BCUT2D eigenvalue weighted by atomic mass is 16.5. The molecular weight excluding hydrogens is 268 g/mol.